The molecule has 3 N–H and O–H groups in total. The monoisotopic (exact) mass is 285 g/mol. The molecule has 0 aromatic heterocycles. The molecule has 0 saturated carbocycles. The quantitative estimate of drug-likeness (QED) is 0.809. The second-order valence-electron chi connectivity index (χ2n) is 4.76. The fourth-order valence-corrected chi connectivity index (χ4v) is 2.16. The highest BCUT2D eigenvalue weighted by Gasteiger charge is 2.14. The summed E-state index contributed by atoms with van der Waals surface area (Å²) in [5, 5.41) is 21.1. The molecule has 0 fully saturated rings. The van der Waals surface area contributed by atoms with Crippen LogP contribution in [0.4, 0.5) is 5.69 Å². The fourth-order valence-electron chi connectivity index (χ4n) is 2.16. The molecule has 0 unspecified atom stereocenters. The van der Waals surface area contributed by atoms with Crippen LogP contribution in [0.5, 0.6) is 5.75 Å². The van der Waals surface area contributed by atoms with Gasteiger partial charge in [0.15, 0.2) is 0 Å². The van der Waals surface area contributed by atoms with Gasteiger partial charge in [-0.3, -0.25) is 4.79 Å². The van der Waals surface area contributed by atoms with Crippen LogP contribution >= 0.6 is 0 Å². The van der Waals surface area contributed by atoms with E-state index in [1.165, 1.54) is 18.2 Å². The summed E-state index contributed by atoms with van der Waals surface area (Å²) in [5.74, 6) is -1.91. The number of amides is 1. The van der Waals surface area contributed by atoms with Crippen LogP contribution in [0.15, 0.2) is 36.4 Å². The summed E-state index contributed by atoms with van der Waals surface area (Å²) < 4.78 is 0. The van der Waals surface area contributed by atoms with E-state index in [-0.39, 0.29) is 17.2 Å². The number of carboxylic acids is 1. The van der Waals surface area contributed by atoms with E-state index in [0.717, 1.165) is 11.1 Å². The highest BCUT2D eigenvalue weighted by atomic mass is 16.4. The maximum atomic E-state index is 12.3. The Morgan fingerprint density at radius 1 is 1.05 bits per heavy atom. The Kier molecular flexibility index (Phi) is 3.93. The molecule has 0 bridgehead atoms. The first kappa shape index (κ1) is 14.6. The SMILES string of the molecule is Cc1cccc(C)c1C(=O)Nc1ccc(C(=O)O)c(O)c1. The molecule has 1 amide bonds. The number of aromatic carboxylic acids is 1. The van der Waals surface area contributed by atoms with Gasteiger partial charge in [-0.1, -0.05) is 18.2 Å². The fraction of sp³-hybridized carbons (Fsp3) is 0.125. The standard InChI is InChI=1S/C16H15NO4/c1-9-4-3-5-10(2)14(9)15(19)17-11-6-7-12(16(20)21)13(18)8-11/h3-8,18H,1-2H3,(H,17,19)(H,20,21). The van der Waals surface area contributed by atoms with Crippen LogP contribution in [-0.4, -0.2) is 22.1 Å². The van der Waals surface area contributed by atoms with Gasteiger partial charge in [0.2, 0.25) is 0 Å². The molecule has 5 nitrogen and oxygen atoms in total. The Morgan fingerprint density at radius 3 is 2.19 bits per heavy atom. The third-order valence-corrected chi connectivity index (χ3v) is 3.19. The number of hydrogen-bond acceptors (Lipinski definition) is 3. The van der Waals surface area contributed by atoms with Crippen molar-refractivity contribution in [2.45, 2.75) is 13.8 Å². The van der Waals surface area contributed by atoms with Crippen LogP contribution in [0, 0.1) is 13.8 Å². The Hall–Kier alpha value is -2.82. The predicted molar refractivity (Wildman–Crippen MR) is 78.9 cm³/mol. The number of phenols is 1. The van der Waals surface area contributed by atoms with Gasteiger partial charge >= 0.3 is 5.97 Å². The molecule has 0 saturated heterocycles. The van der Waals surface area contributed by atoms with Gasteiger partial charge in [0.05, 0.1) is 0 Å². The maximum absolute atomic E-state index is 12.3. The van der Waals surface area contributed by atoms with Crippen LogP contribution in [0.3, 0.4) is 0 Å². The summed E-state index contributed by atoms with van der Waals surface area (Å²) in [4.78, 5) is 23.1. The second-order valence-corrected chi connectivity index (χ2v) is 4.76. The normalized spacial score (nSPS) is 10.2. The van der Waals surface area contributed by atoms with E-state index < -0.39 is 5.97 Å². The van der Waals surface area contributed by atoms with Crippen molar-refractivity contribution in [3.8, 4) is 5.75 Å². The van der Waals surface area contributed by atoms with Crippen molar-refractivity contribution in [2.75, 3.05) is 5.32 Å². The number of anilines is 1. The van der Waals surface area contributed by atoms with Crippen molar-refractivity contribution in [1.29, 1.82) is 0 Å². The third-order valence-electron chi connectivity index (χ3n) is 3.19. The third kappa shape index (κ3) is 3.02. The van der Waals surface area contributed by atoms with E-state index in [0.29, 0.717) is 11.3 Å². The first-order valence-corrected chi connectivity index (χ1v) is 6.34. The lowest BCUT2D eigenvalue weighted by atomic mass is 10.0. The Balaban J connectivity index is 2.28. The van der Waals surface area contributed by atoms with E-state index in [1.54, 1.807) is 0 Å². The van der Waals surface area contributed by atoms with E-state index in [2.05, 4.69) is 5.32 Å². The number of aryl methyl sites for hydroxylation is 2. The first-order valence-electron chi connectivity index (χ1n) is 6.34. The first-order chi connectivity index (χ1) is 9.90. The molecule has 21 heavy (non-hydrogen) atoms. The molecule has 2 rings (SSSR count). The van der Waals surface area contributed by atoms with Gasteiger partial charge in [0.25, 0.3) is 5.91 Å². The lowest BCUT2D eigenvalue weighted by molar-refractivity contribution is 0.0693. The number of aromatic hydroxyl groups is 1. The number of carbonyl (C=O) groups excluding carboxylic acids is 1. The van der Waals surface area contributed by atoms with Gasteiger partial charge in [-0.25, -0.2) is 4.79 Å². The number of hydrogen-bond donors (Lipinski definition) is 3. The van der Waals surface area contributed by atoms with Crippen molar-refractivity contribution in [3.63, 3.8) is 0 Å². The molecule has 5 heteroatoms. The lowest BCUT2D eigenvalue weighted by Crippen LogP contribution is -2.15. The molecule has 0 radical (unpaired) electrons. The number of benzene rings is 2. The van der Waals surface area contributed by atoms with Gasteiger partial charge in [-0.15, -0.1) is 0 Å². The molecule has 0 spiro atoms. The predicted octanol–water partition coefficient (Wildman–Crippen LogP) is 2.96. The molecule has 0 heterocycles. The average Bonchev–Trinajstić information content (AvgIpc) is 2.37. The van der Waals surface area contributed by atoms with Crippen LogP contribution in [0.1, 0.15) is 31.8 Å². The minimum absolute atomic E-state index is 0.208. The highest BCUT2D eigenvalue weighted by molar-refractivity contribution is 6.06. The molecule has 0 aliphatic heterocycles. The lowest BCUT2D eigenvalue weighted by Gasteiger charge is -2.11. The molecule has 0 atom stereocenters. The highest BCUT2D eigenvalue weighted by Crippen LogP contribution is 2.23. The molecule has 0 aliphatic carbocycles. The average molecular weight is 285 g/mol. The Bertz CT molecular complexity index is 702. The Labute approximate surface area is 121 Å². The van der Waals surface area contributed by atoms with Crippen molar-refractivity contribution in [2.24, 2.45) is 0 Å². The molecule has 2 aromatic rings. The van der Waals surface area contributed by atoms with Crippen molar-refractivity contribution >= 4 is 17.6 Å². The molecular formula is C16H15NO4. The van der Waals surface area contributed by atoms with Gasteiger partial charge in [-0.05, 0) is 37.1 Å². The van der Waals surface area contributed by atoms with E-state index in [1.807, 2.05) is 32.0 Å². The summed E-state index contributed by atoms with van der Waals surface area (Å²) in [6, 6.07) is 9.45. The molecule has 0 aliphatic rings. The van der Waals surface area contributed by atoms with Gasteiger partial charge in [-0.2, -0.15) is 0 Å². The van der Waals surface area contributed by atoms with Crippen LogP contribution in [0.2, 0.25) is 0 Å². The van der Waals surface area contributed by atoms with E-state index in [9.17, 15) is 14.7 Å². The molecular weight excluding hydrogens is 270 g/mol. The van der Waals surface area contributed by atoms with E-state index >= 15 is 0 Å². The molecule has 108 valence electrons. The minimum atomic E-state index is -1.22. The maximum Gasteiger partial charge on any atom is 0.339 e. The minimum Gasteiger partial charge on any atom is -0.507 e. The van der Waals surface area contributed by atoms with Gasteiger partial charge in [0.1, 0.15) is 11.3 Å². The van der Waals surface area contributed by atoms with Crippen molar-refractivity contribution in [3.05, 3.63) is 58.7 Å². The number of rotatable bonds is 3. The summed E-state index contributed by atoms with van der Waals surface area (Å²) in [5.41, 5.74) is 2.39. The smallest absolute Gasteiger partial charge is 0.339 e. The summed E-state index contributed by atoms with van der Waals surface area (Å²) in [6.07, 6.45) is 0. The van der Waals surface area contributed by atoms with Crippen LogP contribution in [0.25, 0.3) is 0 Å². The summed E-state index contributed by atoms with van der Waals surface area (Å²) >= 11 is 0. The van der Waals surface area contributed by atoms with Crippen LogP contribution < -0.4 is 5.32 Å². The van der Waals surface area contributed by atoms with Crippen molar-refractivity contribution < 1.29 is 19.8 Å². The van der Waals surface area contributed by atoms with Crippen molar-refractivity contribution in [1.82, 2.24) is 0 Å². The number of nitrogens with one attached hydrogen (secondary N) is 1. The zero-order valence-corrected chi connectivity index (χ0v) is 11.7. The largest absolute Gasteiger partial charge is 0.507 e. The summed E-state index contributed by atoms with van der Waals surface area (Å²) in [7, 11) is 0. The van der Waals surface area contributed by atoms with Crippen LogP contribution in [-0.2, 0) is 0 Å². The zero-order valence-electron chi connectivity index (χ0n) is 11.7. The summed E-state index contributed by atoms with van der Waals surface area (Å²) in [6.45, 7) is 3.68. The number of carboxylic acid groups (broad SMARTS) is 1. The molecule has 2 aromatic carbocycles. The van der Waals surface area contributed by atoms with Gasteiger partial charge in [0, 0.05) is 17.3 Å². The Morgan fingerprint density at radius 2 is 1.67 bits per heavy atom. The number of carbonyl (C=O) groups is 2. The topological polar surface area (TPSA) is 86.6 Å². The second kappa shape index (κ2) is 5.66. The zero-order chi connectivity index (χ0) is 15.6. The van der Waals surface area contributed by atoms with E-state index in [4.69, 9.17) is 5.11 Å². The van der Waals surface area contributed by atoms with Gasteiger partial charge < -0.3 is 15.5 Å².